The highest BCUT2D eigenvalue weighted by Crippen LogP contribution is 2.33. The summed E-state index contributed by atoms with van der Waals surface area (Å²) in [5.74, 6) is 0.436. The van der Waals surface area contributed by atoms with E-state index >= 15 is 0 Å². The second kappa shape index (κ2) is 5.37. The van der Waals surface area contributed by atoms with Crippen LogP contribution in [0.2, 0.25) is 0 Å². The lowest BCUT2D eigenvalue weighted by molar-refractivity contribution is 0.0804. The van der Waals surface area contributed by atoms with Crippen molar-refractivity contribution in [1.82, 2.24) is 9.88 Å². The first-order chi connectivity index (χ1) is 9.00. The van der Waals surface area contributed by atoms with E-state index in [2.05, 4.69) is 12.2 Å². The second-order valence-corrected chi connectivity index (χ2v) is 5.88. The van der Waals surface area contributed by atoms with Crippen molar-refractivity contribution < 1.29 is 4.79 Å². The van der Waals surface area contributed by atoms with Crippen molar-refractivity contribution in [3.63, 3.8) is 0 Å². The Bertz CT molecular complexity index is 466. The molecule has 0 bridgehead atoms. The molecule has 0 radical (unpaired) electrons. The van der Waals surface area contributed by atoms with Gasteiger partial charge in [-0.25, -0.2) is 0 Å². The Kier molecular flexibility index (Phi) is 3.99. The molecular formula is C15H25N3O. The largest absolute Gasteiger partial charge is 0.344 e. The van der Waals surface area contributed by atoms with Gasteiger partial charge < -0.3 is 15.6 Å². The predicted molar refractivity (Wildman–Crippen MR) is 77.0 cm³/mol. The van der Waals surface area contributed by atoms with Gasteiger partial charge in [-0.3, -0.25) is 4.79 Å². The molecular weight excluding hydrogens is 238 g/mol. The van der Waals surface area contributed by atoms with Crippen LogP contribution in [0.15, 0.2) is 12.1 Å². The van der Waals surface area contributed by atoms with Crippen molar-refractivity contribution in [3.05, 3.63) is 23.5 Å². The van der Waals surface area contributed by atoms with Gasteiger partial charge in [-0.15, -0.1) is 0 Å². The zero-order valence-corrected chi connectivity index (χ0v) is 12.2. The van der Waals surface area contributed by atoms with Crippen LogP contribution in [0.4, 0.5) is 0 Å². The quantitative estimate of drug-likeness (QED) is 0.876. The number of amides is 1. The van der Waals surface area contributed by atoms with Crippen molar-refractivity contribution in [2.24, 2.45) is 18.7 Å². The molecule has 0 spiro atoms. The number of hydrogen-bond donors (Lipinski definition) is 2. The van der Waals surface area contributed by atoms with E-state index < -0.39 is 0 Å². The number of nitrogens with zero attached hydrogens (tertiary/aromatic N) is 1. The molecule has 106 valence electrons. The lowest BCUT2D eigenvalue weighted by Gasteiger charge is -2.42. The van der Waals surface area contributed by atoms with Gasteiger partial charge >= 0.3 is 0 Å². The van der Waals surface area contributed by atoms with Gasteiger partial charge in [-0.2, -0.15) is 0 Å². The number of hydrogen-bond acceptors (Lipinski definition) is 2. The normalized spacial score (nSPS) is 27.3. The van der Waals surface area contributed by atoms with Crippen molar-refractivity contribution in [3.8, 4) is 0 Å². The van der Waals surface area contributed by atoms with Crippen molar-refractivity contribution in [1.29, 1.82) is 0 Å². The minimum absolute atomic E-state index is 0.00481. The first-order valence-corrected chi connectivity index (χ1v) is 7.15. The summed E-state index contributed by atoms with van der Waals surface area (Å²) in [6, 6.07) is 3.84. The van der Waals surface area contributed by atoms with Crippen LogP contribution in [-0.4, -0.2) is 22.6 Å². The second-order valence-electron chi connectivity index (χ2n) is 5.88. The van der Waals surface area contributed by atoms with E-state index in [9.17, 15) is 4.79 Å². The molecule has 1 aromatic rings. The third-order valence-corrected chi connectivity index (χ3v) is 4.79. The maximum Gasteiger partial charge on any atom is 0.268 e. The molecule has 1 aromatic heterocycles. The number of carbonyl (C=O) groups is 1. The predicted octanol–water partition coefficient (Wildman–Crippen LogP) is 1.97. The number of nitrogens with one attached hydrogen (secondary N) is 1. The van der Waals surface area contributed by atoms with E-state index in [1.807, 2.05) is 30.7 Å². The minimum atomic E-state index is -0.229. The third-order valence-electron chi connectivity index (χ3n) is 4.79. The topological polar surface area (TPSA) is 60.1 Å². The smallest absolute Gasteiger partial charge is 0.268 e. The summed E-state index contributed by atoms with van der Waals surface area (Å²) < 4.78 is 1.92. The Morgan fingerprint density at radius 3 is 2.79 bits per heavy atom. The average Bonchev–Trinajstić information content (AvgIpc) is 2.73. The van der Waals surface area contributed by atoms with E-state index in [1.165, 1.54) is 6.42 Å². The molecule has 2 rings (SSSR count). The van der Waals surface area contributed by atoms with Crippen LogP contribution < -0.4 is 11.1 Å². The van der Waals surface area contributed by atoms with E-state index in [1.54, 1.807) is 0 Å². The Hall–Kier alpha value is -1.29. The van der Waals surface area contributed by atoms with Crippen LogP contribution in [0.1, 0.15) is 48.8 Å². The lowest BCUT2D eigenvalue weighted by atomic mass is 9.73. The molecule has 1 saturated carbocycles. The van der Waals surface area contributed by atoms with E-state index in [4.69, 9.17) is 5.73 Å². The summed E-state index contributed by atoms with van der Waals surface area (Å²) in [6.07, 6.45) is 4.51. The molecule has 1 aliphatic carbocycles. The molecule has 4 nitrogen and oxygen atoms in total. The Labute approximate surface area is 115 Å². The Morgan fingerprint density at radius 1 is 1.53 bits per heavy atom. The van der Waals surface area contributed by atoms with Crippen LogP contribution in [0.5, 0.6) is 0 Å². The number of carbonyl (C=O) groups excluding carboxylic acids is 1. The molecule has 2 atom stereocenters. The zero-order chi connectivity index (χ0) is 14.0. The lowest BCUT2D eigenvalue weighted by Crippen LogP contribution is -2.59. The fourth-order valence-corrected chi connectivity index (χ4v) is 3.08. The van der Waals surface area contributed by atoms with Gasteiger partial charge in [0.1, 0.15) is 5.69 Å². The number of nitrogens with two attached hydrogens (primary N) is 1. The average molecular weight is 263 g/mol. The van der Waals surface area contributed by atoms with Crippen molar-refractivity contribution >= 4 is 5.91 Å². The van der Waals surface area contributed by atoms with Gasteiger partial charge in [-0.05, 0) is 37.8 Å². The fraction of sp³-hybridized carbons (Fsp3) is 0.667. The van der Waals surface area contributed by atoms with Crippen LogP contribution in [0.25, 0.3) is 0 Å². The number of rotatable bonds is 3. The molecule has 0 aromatic carbocycles. The molecule has 0 aliphatic heterocycles. The van der Waals surface area contributed by atoms with Gasteiger partial charge in [0.05, 0.1) is 5.54 Å². The summed E-state index contributed by atoms with van der Waals surface area (Å²) in [7, 11) is 1.92. The highest BCUT2D eigenvalue weighted by Gasteiger charge is 2.38. The molecule has 4 heteroatoms. The summed E-state index contributed by atoms with van der Waals surface area (Å²) in [5.41, 5.74) is 7.55. The van der Waals surface area contributed by atoms with Crippen molar-refractivity contribution in [2.75, 3.05) is 6.54 Å². The van der Waals surface area contributed by atoms with Crippen LogP contribution in [0.3, 0.4) is 0 Å². The first-order valence-electron chi connectivity index (χ1n) is 7.15. The summed E-state index contributed by atoms with van der Waals surface area (Å²) in [4.78, 5) is 12.5. The van der Waals surface area contributed by atoms with Crippen LogP contribution >= 0.6 is 0 Å². The van der Waals surface area contributed by atoms with Gasteiger partial charge in [0.25, 0.3) is 5.91 Å². The summed E-state index contributed by atoms with van der Waals surface area (Å²) >= 11 is 0. The van der Waals surface area contributed by atoms with E-state index in [-0.39, 0.29) is 11.4 Å². The Balaban J connectivity index is 2.18. The SMILES string of the molecule is Cc1ccc(C(=O)NC2(CN)CCCCC2C)n1C. The molecule has 2 unspecified atom stereocenters. The first kappa shape index (κ1) is 14.1. The van der Waals surface area contributed by atoms with Gasteiger partial charge in [-0.1, -0.05) is 19.8 Å². The molecule has 0 saturated heterocycles. The van der Waals surface area contributed by atoms with Crippen LogP contribution in [-0.2, 0) is 7.05 Å². The molecule has 1 amide bonds. The summed E-state index contributed by atoms with van der Waals surface area (Å²) in [6.45, 7) is 4.71. The summed E-state index contributed by atoms with van der Waals surface area (Å²) in [5, 5.41) is 3.22. The number of aryl methyl sites for hydroxylation is 1. The monoisotopic (exact) mass is 263 g/mol. The zero-order valence-electron chi connectivity index (χ0n) is 12.2. The highest BCUT2D eigenvalue weighted by atomic mass is 16.2. The van der Waals surface area contributed by atoms with Gasteiger partial charge in [0, 0.05) is 19.3 Å². The minimum Gasteiger partial charge on any atom is -0.344 e. The standard InChI is InChI=1S/C15H25N3O/c1-11-6-4-5-9-15(11,10-16)17-14(19)13-8-7-12(2)18(13)3/h7-8,11H,4-6,9-10,16H2,1-3H3,(H,17,19). The molecule has 1 aliphatic rings. The molecule has 19 heavy (non-hydrogen) atoms. The number of aromatic nitrogens is 1. The fourth-order valence-electron chi connectivity index (χ4n) is 3.08. The van der Waals surface area contributed by atoms with Gasteiger partial charge in [0.2, 0.25) is 0 Å². The van der Waals surface area contributed by atoms with E-state index in [0.717, 1.165) is 25.0 Å². The van der Waals surface area contributed by atoms with E-state index in [0.29, 0.717) is 18.2 Å². The molecule has 1 heterocycles. The molecule has 3 N–H and O–H groups in total. The maximum absolute atomic E-state index is 12.5. The van der Waals surface area contributed by atoms with Crippen molar-refractivity contribution in [2.45, 2.75) is 45.1 Å². The Morgan fingerprint density at radius 2 is 2.26 bits per heavy atom. The third kappa shape index (κ3) is 2.54. The maximum atomic E-state index is 12.5. The molecule has 1 fully saturated rings. The highest BCUT2D eigenvalue weighted by molar-refractivity contribution is 5.93. The van der Waals surface area contributed by atoms with Crippen LogP contribution in [0, 0.1) is 12.8 Å². The van der Waals surface area contributed by atoms with Gasteiger partial charge in [0.15, 0.2) is 0 Å².